The van der Waals surface area contributed by atoms with Crippen molar-refractivity contribution in [1.29, 1.82) is 0 Å². The zero-order chi connectivity index (χ0) is 14.5. The fraction of sp³-hybridized carbons (Fsp3) is 0.909. The molecule has 0 fully saturated rings. The second kappa shape index (κ2) is 6.94. The van der Waals surface area contributed by atoms with Gasteiger partial charge in [0, 0.05) is 12.6 Å². The standard InChI is InChI=1S/C11H21F3N2O2/c1-7(2)8(3)15-10(18)6-16(4)5-9(17)11(12,13)14/h7-9,17H,5-6H2,1-4H3,(H,15,18). The van der Waals surface area contributed by atoms with Crippen molar-refractivity contribution in [3.63, 3.8) is 0 Å². The molecule has 0 aliphatic carbocycles. The molecular formula is C11H21F3N2O2. The summed E-state index contributed by atoms with van der Waals surface area (Å²) in [6, 6.07) is -0.0431. The van der Waals surface area contributed by atoms with Crippen LogP contribution in [0.25, 0.3) is 0 Å². The zero-order valence-corrected chi connectivity index (χ0v) is 11.1. The Kier molecular flexibility index (Phi) is 6.62. The molecule has 18 heavy (non-hydrogen) atoms. The lowest BCUT2D eigenvalue weighted by atomic mass is 10.1. The minimum absolute atomic E-state index is 0.0431. The van der Waals surface area contributed by atoms with E-state index in [1.807, 2.05) is 20.8 Å². The number of aliphatic hydroxyl groups excluding tert-OH is 1. The number of alkyl halides is 3. The molecule has 2 unspecified atom stereocenters. The van der Waals surface area contributed by atoms with E-state index >= 15 is 0 Å². The highest BCUT2D eigenvalue weighted by Crippen LogP contribution is 2.20. The zero-order valence-electron chi connectivity index (χ0n) is 11.1. The summed E-state index contributed by atoms with van der Waals surface area (Å²) in [7, 11) is 1.36. The molecule has 7 heteroatoms. The number of hydrogen-bond donors (Lipinski definition) is 2. The number of amides is 1. The van der Waals surface area contributed by atoms with Crippen molar-refractivity contribution in [3.05, 3.63) is 0 Å². The van der Waals surface area contributed by atoms with Crippen LogP contribution in [0.1, 0.15) is 20.8 Å². The lowest BCUT2D eigenvalue weighted by molar-refractivity contribution is -0.207. The first kappa shape index (κ1) is 17.2. The Bertz CT molecular complexity index is 270. The predicted molar refractivity (Wildman–Crippen MR) is 62.0 cm³/mol. The molecule has 0 spiro atoms. The number of hydrogen-bond acceptors (Lipinski definition) is 3. The Hall–Kier alpha value is -0.820. The first-order chi connectivity index (χ1) is 8.04. The number of carbonyl (C=O) groups is 1. The summed E-state index contributed by atoms with van der Waals surface area (Å²) in [5.41, 5.74) is 0. The van der Waals surface area contributed by atoms with Gasteiger partial charge in [-0.15, -0.1) is 0 Å². The van der Waals surface area contributed by atoms with Crippen LogP contribution in [-0.4, -0.2) is 54.4 Å². The second-order valence-corrected chi connectivity index (χ2v) is 4.85. The number of halogens is 3. The fourth-order valence-corrected chi connectivity index (χ4v) is 1.17. The van der Waals surface area contributed by atoms with E-state index in [4.69, 9.17) is 5.11 Å². The summed E-state index contributed by atoms with van der Waals surface area (Å²) in [5, 5.41) is 11.5. The van der Waals surface area contributed by atoms with Gasteiger partial charge in [-0.05, 0) is 19.9 Å². The van der Waals surface area contributed by atoms with E-state index in [0.717, 1.165) is 4.90 Å². The number of likely N-dealkylation sites (N-methyl/N-ethyl adjacent to an activating group) is 1. The molecule has 0 saturated heterocycles. The Morgan fingerprint density at radius 2 is 1.83 bits per heavy atom. The van der Waals surface area contributed by atoms with Crippen LogP contribution in [-0.2, 0) is 4.79 Å². The van der Waals surface area contributed by atoms with Crippen molar-refractivity contribution < 1.29 is 23.1 Å². The molecule has 4 nitrogen and oxygen atoms in total. The second-order valence-electron chi connectivity index (χ2n) is 4.85. The van der Waals surface area contributed by atoms with Gasteiger partial charge in [-0.1, -0.05) is 13.8 Å². The molecule has 0 rings (SSSR count). The molecule has 0 aromatic rings. The fourth-order valence-electron chi connectivity index (χ4n) is 1.17. The van der Waals surface area contributed by atoms with E-state index in [0.29, 0.717) is 0 Å². The largest absolute Gasteiger partial charge is 0.415 e. The monoisotopic (exact) mass is 270 g/mol. The molecule has 108 valence electrons. The lowest BCUT2D eigenvalue weighted by Gasteiger charge is -2.23. The number of aliphatic hydroxyl groups is 1. The van der Waals surface area contributed by atoms with Gasteiger partial charge in [-0.2, -0.15) is 13.2 Å². The highest BCUT2D eigenvalue weighted by atomic mass is 19.4. The Balaban J connectivity index is 4.09. The van der Waals surface area contributed by atoms with Crippen molar-refractivity contribution in [1.82, 2.24) is 10.2 Å². The smallest absolute Gasteiger partial charge is 0.382 e. The third kappa shape index (κ3) is 6.80. The van der Waals surface area contributed by atoms with Crippen molar-refractivity contribution in [2.75, 3.05) is 20.1 Å². The normalized spacial score (nSPS) is 15.9. The van der Waals surface area contributed by atoms with Gasteiger partial charge in [0.05, 0.1) is 6.54 Å². The molecule has 0 aromatic carbocycles. The number of nitrogens with one attached hydrogen (secondary N) is 1. The van der Waals surface area contributed by atoms with E-state index in [1.54, 1.807) is 0 Å². The van der Waals surface area contributed by atoms with Gasteiger partial charge in [0.2, 0.25) is 5.91 Å². The van der Waals surface area contributed by atoms with Crippen LogP contribution in [0.15, 0.2) is 0 Å². The topological polar surface area (TPSA) is 52.6 Å². The van der Waals surface area contributed by atoms with Gasteiger partial charge in [0.25, 0.3) is 0 Å². The van der Waals surface area contributed by atoms with Crippen LogP contribution >= 0.6 is 0 Å². The lowest BCUT2D eigenvalue weighted by Crippen LogP contribution is -2.45. The predicted octanol–water partition coefficient (Wildman–Crippen LogP) is 1.00. The molecule has 2 atom stereocenters. The van der Waals surface area contributed by atoms with Crippen LogP contribution in [0.4, 0.5) is 13.2 Å². The van der Waals surface area contributed by atoms with Crippen LogP contribution in [0.2, 0.25) is 0 Å². The molecule has 0 heterocycles. The van der Waals surface area contributed by atoms with Crippen molar-refractivity contribution >= 4 is 5.91 Å². The van der Waals surface area contributed by atoms with Gasteiger partial charge in [0.15, 0.2) is 6.10 Å². The maximum absolute atomic E-state index is 12.1. The van der Waals surface area contributed by atoms with Crippen LogP contribution in [0, 0.1) is 5.92 Å². The quantitative estimate of drug-likeness (QED) is 0.757. The highest BCUT2D eigenvalue weighted by molar-refractivity contribution is 5.78. The van der Waals surface area contributed by atoms with E-state index in [-0.39, 0.29) is 24.4 Å². The van der Waals surface area contributed by atoms with E-state index in [2.05, 4.69) is 5.32 Å². The van der Waals surface area contributed by atoms with Gasteiger partial charge >= 0.3 is 6.18 Å². The maximum Gasteiger partial charge on any atom is 0.415 e. The average Bonchev–Trinajstić information content (AvgIpc) is 2.14. The Morgan fingerprint density at radius 3 is 2.22 bits per heavy atom. The molecule has 2 N–H and O–H groups in total. The van der Waals surface area contributed by atoms with Crippen molar-refractivity contribution in [2.24, 2.45) is 5.92 Å². The summed E-state index contributed by atoms with van der Waals surface area (Å²) in [5.74, 6) is -0.104. The van der Waals surface area contributed by atoms with Crippen LogP contribution in [0.5, 0.6) is 0 Å². The van der Waals surface area contributed by atoms with Gasteiger partial charge in [0.1, 0.15) is 0 Å². The molecule has 1 amide bonds. The first-order valence-electron chi connectivity index (χ1n) is 5.76. The average molecular weight is 270 g/mol. The Labute approximate surface area is 105 Å². The van der Waals surface area contributed by atoms with Crippen LogP contribution < -0.4 is 5.32 Å². The van der Waals surface area contributed by atoms with Crippen molar-refractivity contribution in [2.45, 2.75) is 39.1 Å². The maximum atomic E-state index is 12.1. The molecule has 0 aromatic heterocycles. The number of nitrogens with zero attached hydrogens (tertiary/aromatic N) is 1. The SMILES string of the molecule is CC(C)C(C)NC(=O)CN(C)CC(O)C(F)(F)F. The minimum atomic E-state index is -4.66. The van der Waals surface area contributed by atoms with Gasteiger partial charge in [-0.25, -0.2) is 0 Å². The summed E-state index contributed by atoms with van der Waals surface area (Å²) in [6.07, 6.45) is -7.09. The van der Waals surface area contributed by atoms with Gasteiger partial charge in [-0.3, -0.25) is 9.69 Å². The molecule has 0 aliphatic rings. The molecule has 0 radical (unpaired) electrons. The van der Waals surface area contributed by atoms with Crippen LogP contribution in [0.3, 0.4) is 0 Å². The molecule has 0 bridgehead atoms. The summed E-state index contributed by atoms with van der Waals surface area (Å²) >= 11 is 0. The third-order valence-corrected chi connectivity index (χ3v) is 2.66. The molecule has 0 saturated carbocycles. The van der Waals surface area contributed by atoms with E-state index in [1.165, 1.54) is 7.05 Å². The van der Waals surface area contributed by atoms with Gasteiger partial charge < -0.3 is 10.4 Å². The minimum Gasteiger partial charge on any atom is -0.382 e. The van der Waals surface area contributed by atoms with E-state index in [9.17, 15) is 18.0 Å². The molecule has 0 aliphatic heterocycles. The number of rotatable bonds is 6. The van der Waals surface area contributed by atoms with E-state index < -0.39 is 18.8 Å². The first-order valence-corrected chi connectivity index (χ1v) is 5.76. The summed E-state index contributed by atoms with van der Waals surface area (Å²) in [6.45, 7) is 4.90. The third-order valence-electron chi connectivity index (χ3n) is 2.66. The Morgan fingerprint density at radius 1 is 1.33 bits per heavy atom. The summed E-state index contributed by atoms with van der Waals surface area (Å²) < 4.78 is 36.3. The number of carbonyl (C=O) groups excluding carboxylic acids is 1. The summed E-state index contributed by atoms with van der Waals surface area (Å²) in [4.78, 5) is 12.6. The van der Waals surface area contributed by atoms with Crippen molar-refractivity contribution in [3.8, 4) is 0 Å². The highest BCUT2D eigenvalue weighted by Gasteiger charge is 2.38. The molecular weight excluding hydrogens is 249 g/mol.